The van der Waals surface area contributed by atoms with Gasteiger partial charge in [0.15, 0.2) is 0 Å². The fourth-order valence-corrected chi connectivity index (χ4v) is 1.53. The van der Waals surface area contributed by atoms with Crippen molar-refractivity contribution < 1.29 is 4.42 Å². The van der Waals surface area contributed by atoms with E-state index >= 15 is 0 Å². The molecule has 0 bridgehead atoms. The van der Waals surface area contributed by atoms with Gasteiger partial charge in [0.25, 0.3) is 0 Å². The van der Waals surface area contributed by atoms with Crippen molar-refractivity contribution in [2.24, 2.45) is 0 Å². The molecule has 0 aliphatic heterocycles. The molecule has 1 aromatic heterocycles. The lowest BCUT2D eigenvalue weighted by molar-refractivity contribution is 0.321. The Kier molecular flexibility index (Phi) is 1.25. The van der Waals surface area contributed by atoms with Gasteiger partial charge in [0, 0.05) is 5.56 Å². The van der Waals surface area contributed by atoms with Crippen molar-refractivity contribution in [1.29, 1.82) is 5.26 Å². The Morgan fingerprint density at radius 3 is 2.73 bits per heavy atom. The second-order valence-corrected chi connectivity index (χ2v) is 3.06. The van der Waals surface area contributed by atoms with Crippen LogP contribution in [-0.2, 0) is 5.41 Å². The Labute approximate surface area is 65.4 Å². The summed E-state index contributed by atoms with van der Waals surface area (Å²) in [6, 6.07) is 4.25. The highest BCUT2D eigenvalue weighted by molar-refractivity contribution is 5.32. The number of furan rings is 1. The van der Waals surface area contributed by atoms with Crippen LogP contribution in [0.15, 0.2) is 23.0 Å². The standard InChI is InChI=1S/C9H9NO/c10-7-9(3-1-4-9)8-2-5-11-6-8/h2,5-6H,1,3-4H2. The smallest absolute Gasteiger partial charge is 0.0950 e. The van der Waals surface area contributed by atoms with E-state index in [-0.39, 0.29) is 5.41 Å². The molecule has 0 unspecified atom stereocenters. The third-order valence-electron chi connectivity index (χ3n) is 2.49. The zero-order valence-electron chi connectivity index (χ0n) is 6.21. The molecule has 1 aliphatic rings. The van der Waals surface area contributed by atoms with Crippen LogP contribution in [0.3, 0.4) is 0 Å². The number of hydrogen-bond acceptors (Lipinski definition) is 2. The Morgan fingerprint density at radius 1 is 1.55 bits per heavy atom. The molecule has 0 atom stereocenters. The van der Waals surface area contributed by atoms with Gasteiger partial charge in [0.2, 0.25) is 0 Å². The predicted octanol–water partition coefficient (Wildman–Crippen LogP) is 2.22. The first-order valence-electron chi connectivity index (χ1n) is 3.81. The average Bonchev–Trinajstić information content (AvgIpc) is 2.39. The minimum absolute atomic E-state index is 0.201. The van der Waals surface area contributed by atoms with Crippen LogP contribution in [0, 0.1) is 11.3 Å². The highest BCUT2D eigenvalue weighted by Gasteiger charge is 2.39. The highest BCUT2D eigenvalue weighted by atomic mass is 16.3. The summed E-state index contributed by atoms with van der Waals surface area (Å²) in [5.41, 5.74) is 0.846. The molecule has 11 heavy (non-hydrogen) atoms. The van der Waals surface area contributed by atoms with Gasteiger partial charge in [0.1, 0.15) is 0 Å². The van der Waals surface area contributed by atoms with E-state index in [1.807, 2.05) is 6.07 Å². The quantitative estimate of drug-likeness (QED) is 0.610. The molecule has 0 saturated heterocycles. The van der Waals surface area contributed by atoms with Crippen LogP contribution in [0.2, 0.25) is 0 Å². The molecular formula is C9H9NO. The van der Waals surface area contributed by atoms with E-state index < -0.39 is 0 Å². The summed E-state index contributed by atoms with van der Waals surface area (Å²) in [7, 11) is 0. The number of nitriles is 1. The van der Waals surface area contributed by atoms with Gasteiger partial charge < -0.3 is 4.42 Å². The molecule has 0 spiro atoms. The monoisotopic (exact) mass is 147 g/mol. The normalized spacial score (nSPS) is 20.3. The molecule has 0 amide bonds. The maximum atomic E-state index is 8.92. The average molecular weight is 147 g/mol. The van der Waals surface area contributed by atoms with E-state index in [0.717, 1.165) is 18.4 Å². The lowest BCUT2D eigenvalue weighted by Gasteiger charge is -2.33. The lowest BCUT2D eigenvalue weighted by Crippen LogP contribution is -2.31. The maximum absolute atomic E-state index is 8.92. The van der Waals surface area contributed by atoms with Crippen LogP contribution in [0.25, 0.3) is 0 Å². The van der Waals surface area contributed by atoms with Crippen molar-refractivity contribution in [3.8, 4) is 6.07 Å². The van der Waals surface area contributed by atoms with Crippen molar-refractivity contribution in [3.05, 3.63) is 24.2 Å². The van der Waals surface area contributed by atoms with E-state index in [1.54, 1.807) is 12.5 Å². The van der Waals surface area contributed by atoms with Gasteiger partial charge in [-0.15, -0.1) is 0 Å². The van der Waals surface area contributed by atoms with Crippen LogP contribution in [-0.4, -0.2) is 0 Å². The third-order valence-corrected chi connectivity index (χ3v) is 2.49. The summed E-state index contributed by atoms with van der Waals surface area (Å²) < 4.78 is 4.95. The molecule has 0 radical (unpaired) electrons. The lowest BCUT2D eigenvalue weighted by atomic mass is 9.66. The van der Waals surface area contributed by atoms with Gasteiger partial charge in [-0.05, 0) is 25.3 Å². The van der Waals surface area contributed by atoms with Crippen molar-refractivity contribution in [1.82, 2.24) is 0 Å². The Balaban J connectivity index is 2.34. The van der Waals surface area contributed by atoms with Gasteiger partial charge in [-0.2, -0.15) is 5.26 Å². The van der Waals surface area contributed by atoms with E-state index in [1.165, 1.54) is 6.42 Å². The zero-order valence-corrected chi connectivity index (χ0v) is 6.21. The summed E-state index contributed by atoms with van der Waals surface area (Å²) in [6.45, 7) is 0. The van der Waals surface area contributed by atoms with Gasteiger partial charge in [0.05, 0.1) is 24.0 Å². The largest absolute Gasteiger partial charge is 0.472 e. The number of hydrogen-bond donors (Lipinski definition) is 0. The minimum Gasteiger partial charge on any atom is -0.472 e. The van der Waals surface area contributed by atoms with Gasteiger partial charge >= 0.3 is 0 Å². The summed E-state index contributed by atoms with van der Waals surface area (Å²) in [6.07, 6.45) is 6.46. The van der Waals surface area contributed by atoms with Crippen LogP contribution in [0.1, 0.15) is 24.8 Å². The molecule has 0 aromatic carbocycles. The molecule has 2 rings (SSSR count). The van der Waals surface area contributed by atoms with E-state index in [0.29, 0.717) is 0 Å². The predicted molar refractivity (Wildman–Crippen MR) is 39.9 cm³/mol. The van der Waals surface area contributed by atoms with E-state index in [2.05, 4.69) is 6.07 Å². The molecule has 56 valence electrons. The van der Waals surface area contributed by atoms with Crippen molar-refractivity contribution in [3.63, 3.8) is 0 Å². The Hall–Kier alpha value is -1.23. The molecule has 0 N–H and O–H groups in total. The van der Waals surface area contributed by atoms with E-state index in [4.69, 9.17) is 9.68 Å². The van der Waals surface area contributed by atoms with Crippen LogP contribution >= 0.6 is 0 Å². The second-order valence-electron chi connectivity index (χ2n) is 3.06. The Bertz CT molecular complexity index is 277. The van der Waals surface area contributed by atoms with Crippen molar-refractivity contribution in [2.75, 3.05) is 0 Å². The summed E-state index contributed by atoms with van der Waals surface area (Å²) in [5.74, 6) is 0. The first kappa shape index (κ1) is 6.48. The Morgan fingerprint density at radius 2 is 2.36 bits per heavy atom. The SMILES string of the molecule is N#CC1(c2ccoc2)CCC1. The molecule has 1 heterocycles. The summed E-state index contributed by atoms with van der Waals surface area (Å²) >= 11 is 0. The van der Waals surface area contributed by atoms with Gasteiger partial charge in [-0.25, -0.2) is 0 Å². The minimum atomic E-state index is -0.201. The van der Waals surface area contributed by atoms with Crippen LogP contribution in [0.4, 0.5) is 0 Å². The fourth-order valence-electron chi connectivity index (χ4n) is 1.53. The van der Waals surface area contributed by atoms with Crippen molar-refractivity contribution in [2.45, 2.75) is 24.7 Å². The highest BCUT2D eigenvalue weighted by Crippen LogP contribution is 2.43. The molecule has 1 aromatic rings. The van der Waals surface area contributed by atoms with Crippen molar-refractivity contribution >= 4 is 0 Å². The summed E-state index contributed by atoms with van der Waals surface area (Å²) in [5, 5.41) is 8.92. The zero-order chi connectivity index (χ0) is 7.73. The molecule has 1 saturated carbocycles. The third kappa shape index (κ3) is 0.775. The number of nitrogens with zero attached hydrogens (tertiary/aromatic N) is 1. The topological polar surface area (TPSA) is 36.9 Å². The maximum Gasteiger partial charge on any atom is 0.0950 e. The fraction of sp³-hybridized carbons (Fsp3) is 0.444. The molecule has 1 fully saturated rings. The van der Waals surface area contributed by atoms with Gasteiger partial charge in [-0.1, -0.05) is 0 Å². The molecule has 2 nitrogen and oxygen atoms in total. The molecular weight excluding hydrogens is 138 g/mol. The van der Waals surface area contributed by atoms with Gasteiger partial charge in [-0.3, -0.25) is 0 Å². The molecule has 1 aliphatic carbocycles. The molecule has 2 heteroatoms. The van der Waals surface area contributed by atoms with E-state index in [9.17, 15) is 0 Å². The summed E-state index contributed by atoms with van der Waals surface area (Å²) in [4.78, 5) is 0. The first-order valence-corrected chi connectivity index (χ1v) is 3.81. The van der Waals surface area contributed by atoms with Crippen LogP contribution in [0.5, 0.6) is 0 Å². The number of rotatable bonds is 1. The van der Waals surface area contributed by atoms with Crippen LogP contribution < -0.4 is 0 Å². The second kappa shape index (κ2) is 2.13. The first-order chi connectivity index (χ1) is 5.37.